The summed E-state index contributed by atoms with van der Waals surface area (Å²) in [7, 11) is -1.43. The molecule has 0 aliphatic rings. The summed E-state index contributed by atoms with van der Waals surface area (Å²) in [6.45, 7) is -0.403. The van der Waals surface area contributed by atoms with E-state index in [4.69, 9.17) is 5.73 Å². The number of aromatic hydroxyl groups is 1. The first-order chi connectivity index (χ1) is 8.28. The minimum atomic E-state index is -3.84. The molecule has 0 radical (unpaired) electrons. The molecule has 0 aromatic heterocycles. The Bertz CT molecular complexity index is 555. The van der Waals surface area contributed by atoms with E-state index in [9.17, 15) is 18.3 Å². The minimum absolute atomic E-state index is 0.0532. The summed E-state index contributed by atoms with van der Waals surface area (Å²) in [5, 5.41) is 9.22. The fourth-order valence-electron chi connectivity index (χ4n) is 1.20. The fraction of sp³-hybridized carbons (Fsp3) is 0.300. The Kier molecular flexibility index (Phi) is 4.15. The zero-order valence-corrected chi connectivity index (χ0v) is 10.8. The predicted molar refractivity (Wildman–Crippen MR) is 64.4 cm³/mol. The van der Waals surface area contributed by atoms with Crippen molar-refractivity contribution in [2.24, 2.45) is 0 Å². The van der Waals surface area contributed by atoms with E-state index in [0.717, 1.165) is 10.4 Å². The van der Waals surface area contributed by atoms with E-state index in [2.05, 4.69) is 4.74 Å². The Hall–Kier alpha value is -1.80. The van der Waals surface area contributed by atoms with Gasteiger partial charge in [0, 0.05) is 7.05 Å². The predicted octanol–water partition coefficient (Wildman–Crippen LogP) is -0.232. The highest BCUT2D eigenvalue weighted by molar-refractivity contribution is 7.89. The molecule has 7 nitrogen and oxygen atoms in total. The molecule has 1 aromatic rings. The first-order valence-electron chi connectivity index (χ1n) is 4.90. The molecule has 0 atom stereocenters. The number of likely N-dealkylation sites (N-methyl/N-ethyl adjacent to an activating group) is 1. The highest BCUT2D eigenvalue weighted by atomic mass is 32.2. The largest absolute Gasteiger partial charge is 0.506 e. The van der Waals surface area contributed by atoms with E-state index >= 15 is 0 Å². The highest BCUT2D eigenvalue weighted by Gasteiger charge is 2.23. The van der Waals surface area contributed by atoms with Crippen LogP contribution >= 0.6 is 0 Å². The van der Waals surface area contributed by atoms with Crippen LogP contribution in [0, 0.1) is 0 Å². The van der Waals surface area contributed by atoms with Crippen molar-refractivity contribution in [2.45, 2.75) is 4.90 Å². The topological polar surface area (TPSA) is 110 Å². The van der Waals surface area contributed by atoms with Crippen molar-refractivity contribution < 1.29 is 23.1 Å². The third kappa shape index (κ3) is 2.90. The van der Waals surface area contributed by atoms with Gasteiger partial charge < -0.3 is 15.6 Å². The number of ether oxygens (including phenoxy) is 1. The molecule has 0 amide bonds. The number of esters is 1. The maximum absolute atomic E-state index is 12.0. The standard InChI is InChI=1S/C10H14N2O5S/c1-12(6-10(14)17-2)18(15,16)7-3-4-9(13)8(11)5-7/h3-5,13H,6,11H2,1-2H3. The zero-order chi connectivity index (χ0) is 13.9. The van der Waals surface area contributed by atoms with E-state index in [1.54, 1.807) is 0 Å². The van der Waals surface area contributed by atoms with E-state index < -0.39 is 22.5 Å². The Labute approximate surface area is 105 Å². The van der Waals surface area contributed by atoms with Crippen molar-refractivity contribution in [3.63, 3.8) is 0 Å². The maximum atomic E-state index is 12.0. The summed E-state index contributed by atoms with van der Waals surface area (Å²) in [6, 6.07) is 3.50. The van der Waals surface area contributed by atoms with E-state index in [1.807, 2.05) is 0 Å². The lowest BCUT2D eigenvalue weighted by molar-refractivity contribution is -0.140. The molecule has 0 saturated heterocycles. The van der Waals surface area contributed by atoms with Crippen LogP contribution in [0.1, 0.15) is 0 Å². The lowest BCUT2D eigenvalue weighted by atomic mass is 10.3. The number of rotatable bonds is 4. The number of benzene rings is 1. The summed E-state index contributed by atoms with van der Waals surface area (Å²) in [5.74, 6) is -0.877. The van der Waals surface area contributed by atoms with Gasteiger partial charge >= 0.3 is 5.97 Å². The van der Waals surface area contributed by atoms with Crippen molar-refractivity contribution in [3.05, 3.63) is 18.2 Å². The van der Waals surface area contributed by atoms with Gasteiger partial charge in [0.15, 0.2) is 0 Å². The average Bonchev–Trinajstić information content (AvgIpc) is 2.32. The summed E-state index contributed by atoms with van der Waals surface area (Å²) < 4.78 is 29.3. The van der Waals surface area contributed by atoms with Gasteiger partial charge in [-0.3, -0.25) is 4.79 Å². The number of hydrogen-bond donors (Lipinski definition) is 2. The van der Waals surface area contributed by atoms with E-state index in [1.165, 1.54) is 26.3 Å². The third-order valence-electron chi connectivity index (χ3n) is 2.29. The van der Waals surface area contributed by atoms with Gasteiger partial charge in [0.05, 0.1) is 17.7 Å². The van der Waals surface area contributed by atoms with Crippen molar-refractivity contribution >= 4 is 21.7 Å². The Balaban J connectivity index is 3.05. The van der Waals surface area contributed by atoms with Gasteiger partial charge in [0.1, 0.15) is 12.3 Å². The molecule has 0 unspecified atom stereocenters. The SMILES string of the molecule is COC(=O)CN(C)S(=O)(=O)c1ccc(O)c(N)c1. The number of methoxy groups -OCH3 is 1. The normalized spacial score (nSPS) is 11.5. The van der Waals surface area contributed by atoms with Crippen LogP contribution in [0.3, 0.4) is 0 Å². The number of carbonyl (C=O) groups is 1. The number of nitrogens with zero attached hydrogens (tertiary/aromatic N) is 1. The van der Waals surface area contributed by atoms with Crippen molar-refractivity contribution in [1.82, 2.24) is 4.31 Å². The zero-order valence-electron chi connectivity index (χ0n) is 9.95. The Morgan fingerprint density at radius 3 is 2.61 bits per heavy atom. The maximum Gasteiger partial charge on any atom is 0.321 e. The van der Waals surface area contributed by atoms with Crippen LogP contribution in [0.15, 0.2) is 23.1 Å². The van der Waals surface area contributed by atoms with Crippen LogP contribution in [0.2, 0.25) is 0 Å². The molecule has 0 heterocycles. The molecule has 0 bridgehead atoms. The number of nitrogen functional groups attached to an aromatic ring is 1. The lowest BCUT2D eigenvalue weighted by Gasteiger charge is -2.16. The van der Waals surface area contributed by atoms with Crippen LogP contribution in [0.4, 0.5) is 5.69 Å². The van der Waals surface area contributed by atoms with Crippen LogP contribution in [-0.2, 0) is 19.6 Å². The average molecular weight is 274 g/mol. The Morgan fingerprint density at radius 1 is 1.50 bits per heavy atom. The molecule has 0 spiro atoms. The second-order valence-corrected chi connectivity index (χ2v) is 5.60. The molecule has 1 rings (SSSR count). The second-order valence-electron chi connectivity index (χ2n) is 3.56. The quantitative estimate of drug-likeness (QED) is 0.446. The molecule has 0 aliphatic heterocycles. The second kappa shape index (κ2) is 5.23. The summed E-state index contributed by atoms with van der Waals surface area (Å²) in [5.41, 5.74) is 5.37. The molecule has 0 saturated carbocycles. The molecule has 18 heavy (non-hydrogen) atoms. The van der Waals surface area contributed by atoms with Crippen molar-refractivity contribution in [2.75, 3.05) is 26.4 Å². The van der Waals surface area contributed by atoms with Gasteiger partial charge in [0.2, 0.25) is 10.0 Å². The third-order valence-corrected chi connectivity index (χ3v) is 4.09. The summed E-state index contributed by atoms with van der Waals surface area (Å²) in [4.78, 5) is 10.9. The van der Waals surface area contributed by atoms with Gasteiger partial charge in [0.25, 0.3) is 0 Å². The molecule has 0 fully saturated rings. The number of hydrogen-bond acceptors (Lipinski definition) is 6. The van der Waals surface area contributed by atoms with Crippen molar-refractivity contribution in [3.8, 4) is 5.75 Å². The van der Waals surface area contributed by atoms with Crippen LogP contribution in [-0.4, -0.2) is 44.5 Å². The summed E-state index contributed by atoms with van der Waals surface area (Å²) >= 11 is 0. The first kappa shape index (κ1) is 14.3. The van der Waals surface area contributed by atoms with Gasteiger partial charge in [-0.05, 0) is 18.2 Å². The molecule has 3 N–H and O–H groups in total. The number of carbonyl (C=O) groups excluding carboxylic acids is 1. The van der Waals surface area contributed by atoms with E-state index in [-0.39, 0.29) is 16.3 Å². The van der Waals surface area contributed by atoms with Gasteiger partial charge in [-0.2, -0.15) is 4.31 Å². The van der Waals surface area contributed by atoms with Gasteiger partial charge in [-0.25, -0.2) is 8.42 Å². The first-order valence-corrected chi connectivity index (χ1v) is 6.34. The number of nitrogens with two attached hydrogens (primary N) is 1. The number of sulfonamides is 1. The smallest absolute Gasteiger partial charge is 0.321 e. The molecule has 100 valence electrons. The van der Waals surface area contributed by atoms with Gasteiger partial charge in [-0.1, -0.05) is 0 Å². The highest BCUT2D eigenvalue weighted by Crippen LogP contribution is 2.24. The van der Waals surface area contributed by atoms with E-state index in [0.29, 0.717) is 0 Å². The van der Waals surface area contributed by atoms with Gasteiger partial charge in [-0.15, -0.1) is 0 Å². The number of anilines is 1. The number of phenolic OH excluding ortho intramolecular Hbond substituents is 1. The molecular weight excluding hydrogens is 260 g/mol. The van der Waals surface area contributed by atoms with Crippen LogP contribution in [0.5, 0.6) is 5.75 Å². The monoisotopic (exact) mass is 274 g/mol. The minimum Gasteiger partial charge on any atom is -0.506 e. The molecule has 8 heteroatoms. The van der Waals surface area contributed by atoms with Crippen molar-refractivity contribution in [1.29, 1.82) is 0 Å². The van der Waals surface area contributed by atoms with Crippen LogP contribution < -0.4 is 5.73 Å². The molecule has 0 aliphatic carbocycles. The lowest BCUT2D eigenvalue weighted by Crippen LogP contribution is -2.32. The molecule has 1 aromatic carbocycles. The fourth-order valence-corrected chi connectivity index (χ4v) is 2.36. The Morgan fingerprint density at radius 2 is 2.11 bits per heavy atom. The summed E-state index contributed by atoms with van der Waals surface area (Å²) in [6.07, 6.45) is 0. The van der Waals surface area contributed by atoms with Crippen LogP contribution in [0.25, 0.3) is 0 Å². The number of phenols is 1. The molecular formula is C10H14N2O5S.